The van der Waals surface area contributed by atoms with E-state index >= 15 is 0 Å². The zero-order valence-corrected chi connectivity index (χ0v) is 9.26. The molecule has 0 aromatic heterocycles. The molecule has 0 amide bonds. The summed E-state index contributed by atoms with van der Waals surface area (Å²) in [5, 5.41) is 13.1. The van der Waals surface area contributed by atoms with Crippen LogP contribution >= 0.6 is 0 Å². The Hall–Kier alpha value is -0.0800. The Balaban J connectivity index is 1.82. The molecular formula is C12H23NO. The van der Waals surface area contributed by atoms with Crippen molar-refractivity contribution in [1.29, 1.82) is 0 Å². The summed E-state index contributed by atoms with van der Waals surface area (Å²) in [4.78, 5) is 0. The molecule has 1 unspecified atom stereocenters. The molecule has 2 rings (SSSR count). The van der Waals surface area contributed by atoms with Crippen LogP contribution in [-0.4, -0.2) is 23.3 Å². The van der Waals surface area contributed by atoms with Crippen LogP contribution in [0.1, 0.15) is 51.9 Å². The number of aliphatic hydroxyl groups is 1. The minimum Gasteiger partial charge on any atom is -0.394 e. The topological polar surface area (TPSA) is 32.3 Å². The molecule has 2 heteroatoms. The van der Waals surface area contributed by atoms with Crippen molar-refractivity contribution in [2.75, 3.05) is 6.61 Å². The van der Waals surface area contributed by atoms with Gasteiger partial charge < -0.3 is 10.4 Å². The van der Waals surface area contributed by atoms with Crippen LogP contribution in [0.25, 0.3) is 0 Å². The second kappa shape index (κ2) is 4.19. The molecule has 0 heterocycles. The van der Waals surface area contributed by atoms with Crippen LogP contribution < -0.4 is 5.32 Å². The van der Waals surface area contributed by atoms with Gasteiger partial charge in [0.05, 0.1) is 6.61 Å². The van der Waals surface area contributed by atoms with E-state index in [2.05, 4.69) is 12.2 Å². The summed E-state index contributed by atoms with van der Waals surface area (Å²) in [6.45, 7) is 2.48. The fourth-order valence-electron chi connectivity index (χ4n) is 2.69. The monoisotopic (exact) mass is 197 g/mol. The Morgan fingerprint density at radius 3 is 2.36 bits per heavy atom. The third-order valence-electron chi connectivity index (χ3n) is 3.69. The summed E-state index contributed by atoms with van der Waals surface area (Å²) in [5.41, 5.74) is -0.00380. The summed E-state index contributed by atoms with van der Waals surface area (Å²) in [7, 11) is 0. The van der Waals surface area contributed by atoms with E-state index in [9.17, 15) is 5.11 Å². The fraction of sp³-hybridized carbons (Fsp3) is 1.00. The summed E-state index contributed by atoms with van der Waals surface area (Å²) >= 11 is 0. The van der Waals surface area contributed by atoms with Crippen molar-refractivity contribution in [2.24, 2.45) is 5.92 Å². The lowest BCUT2D eigenvalue weighted by Gasteiger charge is -2.32. The van der Waals surface area contributed by atoms with E-state index in [1.165, 1.54) is 44.9 Å². The first-order chi connectivity index (χ1) is 6.72. The van der Waals surface area contributed by atoms with Crippen LogP contribution in [0.2, 0.25) is 0 Å². The third kappa shape index (κ3) is 2.71. The third-order valence-corrected chi connectivity index (χ3v) is 3.69. The van der Waals surface area contributed by atoms with Crippen LogP contribution in [0.15, 0.2) is 0 Å². The molecule has 14 heavy (non-hydrogen) atoms. The Morgan fingerprint density at radius 1 is 1.21 bits per heavy atom. The van der Waals surface area contributed by atoms with Gasteiger partial charge in [0.15, 0.2) is 0 Å². The van der Waals surface area contributed by atoms with Gasteiger partial charge in [-0.05, 0) is 32.1 Å². The minimum atomic E-state index is -0.00380. The van der Waals surface area contributed by atoms with E-state index in [0.717, 1.165) is 5.92 Å². The molecule has 0 aromatic carbocycles. The molecule has 0 radical (unpaired) electrons. The van der Waals surface area contributed by atoms with E-state index in [1.54, 1.807) is 0 Å². The lowest BCUT2D eigenvalue weighted by atomic mass is 9.94. The van der Waals surface area contributed by atoms with Gasteiger partial charge in [-0.1, -0.05) is 25.7 Å². The molecule has 0 spiro atoms. The molecule has 82 valence electrons. The average molecular weight is 197 g/mol. The SMILES string of the molecule is CC(CO)(CC1CC1)NC1CCCC1. The van der Waals surface area contributed by atoms with E-state index in [-0.39, 0.29) is 5.54 Å². The average Bonchev–Trinajstić information content (AvgIpc) is 2.81. The predicted molar refractivity (Wildman–Crippen MR) is 58.2 cm³/mol. The van der Waals surface area contributed by atoms with Crippen molar-refractivity contribution < 1.29 is 5.11 Å². The van der Waals surface area contributed by atoms with E-state index in [0.29, 0.717) is 12.6 Å². The standard InChI is InChI=1S/C12H23NO/c1-12(9-14,8-10-6-7-10)13-11-4-2-3-5-11/h10-11,13-14H,2-9H2,1H3. The number of aliphatic hydroxyl groups excluding tert-OH is 1. The maximum absolute atomic E-state index is 9.46. The minimum absolute atomic E-state index is 0.00380. The quantitative estimate of drug-likeness (QED) is 0.707. The molecule has 2 nitrogen and oxygen atoms in total. The maximum atomic E-state index is 9.46. The molecule has 2 aliphatic carbocycles. The summed E-state index contributed by atoms with van der Waals surface area (Å²) in [5.74, 6) is 0.890. The lowest BCUT2D eigenvalue weighted by molar-refractivity contribution is 0.147. The molecule has 2 saturated carbocycles. The van der Waals surface area contributed by atoms with Crippen LogP contribution in [0.4, 0.5) is 0 Å². The molecule has 2 aliphatic rings. The number of rotatable bonds is 5. The summed E-state index contributed by atoms with van der Waals surface area (Å²) < 4.78 is 0. The first-order valence-corrected chi connectivity index (χ1v) is 6.10. The van der Waals surface area contributed by atoms with Gasteiger partial charge in [0.25, 0.3) is 0 Å². The van der Waals surface area contributed by atoms with Crippen molar-refractivity contribution in [2.45, 2.75) is 63.5 Å². The molecule has 0 bridgehead atoms. The van der Waals surface area contributed by atoms with E-state index < -0.39 is 0 Å². The van der Waals surface area contributed by atoms with Gasteiger partial charge in [0.1, 0.15) is 0 Å². The summed E-state index contributed by atoms with van der Waals surface area (Å²) in [6.07, 6.45) is 9.26. The van der Waals surface area contributed by atoms with Crippen LogP contribution in [0, 0.1) is 5.92 Å². The molecule has 0 aliphatic heterocycles. The zero-order valence-electron chi connectivity index (χ0n) is 9.26. The van der Waals surface area contributed by atoms with Crippen LogP contribution in [0.3, 0.4) is 0 Å². The highest BCUT2D eigenvalue weighted by atomic mass is 16.3. The van der Waals surface area contributed by atoms with Crippen LogP contribution in [-0.2, 0) is 0 Å². The Bertz CT molecular complexity index is 185. The number of hydrogen-bond acceptors (Lipinski definition) is 2. The second-order valence-electron chi connectivity index (χ2n) is 5.49. The van der Waals surface area contributed by atoms with Gasteiger partial charge in [-0.25, -0.2) is 0 Å². The van der Waals surface area contributed by atoms with Crippen molar-refractivity contribution >= 4 is 0 Å². The Labute approximate surface area is 87.1 Å². The van der Waals surface area contributed by atoms with E-state index in [4.69, 9.17) is 0 Å². The van der Waals surface area contributed by atoms with Gasteiger partial charge in [-0.2, -0.15) is 0 Å². The molecule has 2 fully saturated rings. The highest BCUT2D eigenvalue weighted by Gasteiger charge is 2.34. The molecule has 0 aromatic rings. The first kappa shape index (κ1) is 10.4. The Kier molecular flexibility index (Phi) is 3.13. The Morgan fingerprint density at radius 2 is 1.86 bits per heavy atom. The van der Waals surface area contributed by atoms with Gasteiger partial charge in [-0.15, -0.1) is 0 Å². The fourth-order valence-corrected chi connectivity index (χ4v) is 2.69. The van der Waals surface area contributed by atoms with Crippen molar-refractivity contribution in [3.8, 4) is 0 Å². The van der Waals surface area contributed by atoms with Gasteiger partial charge in [0.2, 0.25) is 0 Å². The van der Waals surface area contributed by atoms with Crippen molar-refractivity contribution in [1.82, 2.24) is 5.32 Å². The highest BCUT2D eigenvalue weighted by molar-refractivity contribution is 4.92. The van der Waals surface area contributed by atoms with Gasteiger partial charge in [-0.3, -0.25) is 0 Å². The van der Waals surface area contributed by atoms with E-state index in [1.807, 2.05) is 0 Å². The molecular weight excluding hydrogens is 174 g/mol. The van der Waals surface area contributed by atoms with Gasteiger partial charge >= 0.3 is 0 Å². The molecule has 0 saturated heterocycles. The summed E-state index contributed by atoms with van der Waals surface area (Å²) in [6, 6.07) is 0.672. The van der Waals surface area contributed by atoms with Crippen molar-refractivity contribution in [3.63, 3.8) is 0 Å². The second-order valence-corrected chi connectivity index (χ2v) is 5.49. The highest BCUT2D eigenvalue weighted by Crippen LogP contribution is 2.37. The lowest BCUT2D eigenvalue weighted by Crippen LogP contribution is -2.50. The zero-order chi connectivity index (χ0) is 10.0. The first-order valence-electron chi connectivity index (χ1n) is 6.10. The number of nitrogens with one attached hydrogen (secondary N) is 1. The van der Waals surface area contributed by atoms with Gasteiger partial charge in [0, 0.05) is 11.6 Å². The van der Waals surface area contributed by atoms with Crippen LogP contribution in [0.5, 0.6) is 0 Å². The largest absolute Gasteiger partial charge is 0.394 e. The molecule has 1 atom stereocenters. The number of hydrogen-bond donors (Lipinski definition) is 2. The smallest absolute Gasteiger partial charge is 0.0610 e. The normalized spacial score (nSPS) is 27.9. The van der Waals surface area contributed by atoms with Crippen molar-refractivity contribution in [3.05, 3.63) is 0 Å². The maximum Gasteiger partial charge on any atom is 0.0610 e. The predicted octanol–water partition coefficient (Wildman–Crippen LogP) is 2.07. The molecule has 2 N–H and O–H groups in total.